The van der Waals surface area contributed by atoms with E-state index >= 15 is 0 Å². The molecule has 7 nitrogen and oxygen atoms in total. The number of carbonyl (C=O) groups excluding carboxylic acids is 1. The van der Waals surface area contributed by atoms with Gasteiger partial charge in [0, 0.05) is 31.3 Å². The summed E-state index contributed by atoms with van der Waals surface area (Å²) in [6, 6.07) is 6.45. The molecular formula is C15H21N3O4. The van der Waals surface area contributed by atoms with Crippen molar-refractivity contribution in [3.05, 3.63) is 39.9 Å². The third kappa shape index (κ3) is 4.25. The second kappa shape index (κ2) is 7.86. The summed E-state index contributed by atoms with van der Waals surface area (Å²) < 4.78 is 5.22. The average molecular weight is 307 g/mol. The highest BCUT2D eigenvalue weighted by atomic mass is 16.6. The fraction of sp³-hybridized carbons (Fsp3) is 0.533. The van der Waals surface area contributed by atoms with Crippen molar-refractivity contribution in [3.63, 3.8) is 0 Å². The van der Waals surface area contributed by atoms with Gasteiger partial charge in [-0.3, -0.25) is 14.9 Å². The van der Waals surface area contributed by atoms with Gasteiger partial charge in [0.1, 0.15) is 0 Å². The Hall–Kier alpha value is -1.99. The SMILES string of the molecule is CCC(NCC(=O)N1CCOCC1)c1cccc([N+](=O)[O-])c1. The molecule has 0 bridgehead atoms. The maximum atomic E-state index is 12.1. The molecule has 1 fully saturated rings. The summed E-state index contributed by atoms with van der Waals surface area (Å²) in [4.78, 5) is 24.3. The summed E-state index contributed by atoms with van der Waals surface area (Å²) in [6.07, 6.45) is 0.748. The van der Waals surface area contributed by atoms with E-state index in [-0.39, 0.29) is 24.2 Å². The van der Waals surface area contributed by atoms with E-state index < -0.39 is 4.92 Å². The van der Waals surface area contributed by atoms with Crippen LogP contribution in [0.3, 0.4) is 0 Å². The van der Waals surface area contributed by atoms with Gasteiger partial charge in [-0.15, -0.1) is 0 Å². The second-order valence-electron chi connectivity index (χ2n) is 5.19. The summed E-state index contributed by atoms with van der Waals surface area (Å²) in [6.45, 7) is 4.60. The van der Waals surface area contributed by atoms with E-state index in [1.54, 1.807) is 17.0 Å². The van der Waals surface area contributed by atoms with Crippen LogP contribution in [-0.2, 0) is 9.53 Å². The van der Waals surface area contributed by atoms with Gasteiger partial charge in [0.15, 0.2) is 0 Å². The fourth-order valence-electron chi connectivity index (χ4n) is 2.49. The van der Waals surface area contributed by atoms with Gasteiger partial charge < -0.3 is 15.0 Å². The van der Waals surface area contributed by atoms with Crippen molar-refractivity contribution in [3.8, 4) is 0 Å². The van der Waals surface area contributed by atoms with Crippen molar-refractivity contribution < 1.29 is 14.5 Å². The molecule has 1 amide bonds. The molecule has 2 rings (SSSR count). The Morgan fingerprint density at radius 3 is 2.82 bits per heavy atom. The van der Waals surface area contributed by atoms with Gasteiger partial charge >= 0.3 is 0 Å². The molecule has 120 valence electrons. The molecule has 0 aromatic heterocycles. The number of hydrogen-bond acceptors (Lipinski definition) is 5. The highest BCUT2D eigenvalue weighted by Crippen LogP contribution is 2.21. The van der Waals surface area contributed by atoms with Crippen molar-refractivity contribution in [2.45, 2.75) is 19.4 Å². The minimum Gasteiger partial charge on any atom is -0.378 e. The lowest BCUT2D eigenvalue weighted by atomic mass is 10.0. The first kappa shape index (κ1) is 16.4. The molecule has 7 heteroatoms. The number of ether oxygens (including phenoxy) is 1. The number of benzene rings is 1. The topological polar surface area (TPSA) is 84.7 Å². The summed E-state index contributed by atoms with van der Waals surface area (Å²) in [5.41, 5.74) is 0.892. The molecule has 1 aliphatic heterocycles. The highest BCUT2D eigenvalue weighted by Gasteiger charge is 2.19. The molecule has 1 atom stereocenters. The van der Waals surface area contributed by atoms with Gasteiger partial charge in [-0.25, -0.2) is 0 Å². The Balaban J connectivity index is 1.95. The van der Waals surface area contributed by atoms with E-state index in [4.69, 9.17) is 4.74 Å². The van der Waals surface area contributed by atoms with Crippen LogP contribution in [0.15, 0.2) is 24.3 Å². The van der Waals surface area contributed by atoms with Crippen molar-refractivity contribution in [2.24, 2.45) is 0 Å². The van der Waals surface area contributed by atoms with E-state index in [9.17, 15) is 14.9 Å². The lowest BCUT2D eigenvalue weighted by Crippen LogP contribution is -2.45. The Morgan fingerprint density at radius 2 is 2.18 bits per heavy atom. The predicted octanol–water partition coefficient (Wildman–Crippen LogP) is 1.49. The number of hydrogen-bond donors (Lipinski definition) is 1. The molecule has 0 aliphatic carbocycles. The zero-order chi connectivity index (χ0) is 15.9. The first-order valence-corrected chi connectivity index (χ1v) is 7.45. The van der Waals surface area contributed by atoms with Gasteiger partial charge in [0.2, 0.25) is 5.91 Å². The Kier molecular flexibility index (Phi) is 5.85. The molecule has 1 aromatic carbocycles. The van der Waals surface area contributed by atoms with Crippen LogP contribution in [0.1, 0.15) is 24.9 Å². The number of nitro benzene ring substituents is 1. The molecule has 0 spiro atoms. The fourth-order valence-corrected chi connectivity index (χ4v) is 2.49. The molecule has 1 saturated heterocycles. The Bertz CT molecular complexity index is 529. The van der Waals surface area contributed by atoms with Crippen molar-refractivity contribution >= 4 is 11.6 Å². The number of nitrogens with zero attached hydrogens (tertiary/aromatic N) is 2. The maximum Gasteiger partial charge on any atom is 0.269 e. The number of carbonyl (C=O) groups is 1. The zero-order valence-electron chi connectivity index (χ0n) is 12.7. The van der Waals surface area contributed by atoms with Crippen molar-refractivity contribution in [1.82, 2.24) is 10.2 Å². The Morgan fingerprint density at radius 1 is 1.45 bits per heavy atom. The summed E-state index contributed by atoms with van der Waals surface area (Å²) in [7, 11) is 0. The molecule has 0 saturated carbocycles. The molecule has 1 aliphatic rings. The van der Waals surface area contributed by atoms with E-state index in [0.717, 1.165) is 12.0 Å². The van der Waals surface area contributed by atoms with E-state index in [1.165, 1.54) is 6.07 Å². The van der Waals surface area contributed by atoms with Crippen LogP contribution in [0, 0.1) is 10.1 Å². The number of nitro groups is 1. The molecular weight excluding hydrogens is 286 g/mol. The largest absolute Gasteiger partial charge is 0.378 e. The molecule has 22 heavy (non-hydrogen) atoms. The minimum absolute atomic E-state index is 0.0344. The van der Waals surface area contributed by atoms with Gasteiger partial charge in [-0.05, 0) is 12.0 Å². The second-order valence-corrected chi connectivity index (χ2v) is 5.19. The van der Waals surface area contributed by atoms with Gasteiger partial charge in [-0.2, -0.15) is 0 Å². The predicted molar refractivity (Wildman–Crippen MR) is 81.5 cm³/mol. The lowest BCUT2D eigenvalue weighted by Gasteiger charge is -2.28. The number of rotatable bonds is 6. The number of nitrogens with one attached hydrogen (secondary N) is 1. The summed E-state index contributed by atoms with van der Waals surface area (Å²) >= 11 is 0. The number of non-ortho nitro benzene ring substituents is 1. The monoisotopic (exact) mass is 307 g/mol. The van der Waals surface area contributed by atoms with Crippen LogP contribution in [0.4, 0.5) is 5.69 Å². The molecule has 1 unspecified atom stereocenters. The van der Waals surface area contributed by atoms with E-state index in [2.05, 4.69) is 5.32 Å². The van der Waals surface area contributed by atoms with Crippen LogP contribution in [0.5, 0.6) is 0 Å². The van der Waals surface area contributed by atoms with Crippen LogP contribution < -0.4 is 5.32 Å². The normalized spacial score (nSPS) is 16.3. The lowest BCUT2D eigenvalue weighted by molar-refractivity contribution is -0.384. The molecule has 0 radical (unpaired) electrons. The first-order valence-electron chi connectivity index (χ1n) is 7.45. The molecule has 1 N–H and O–H groups in total. The highest BCUT2D eigenvalue weighted by molar-refractivity contribution is 5.78. The van der Waals surface area contributed by atoms with Crippen LogP contribution in [0.2, 0.25) is 0 Å². The Labute approximate surface area is 129 Å². The van der Waals surface area contributed by atoms with E-state index in [1.807, 2.05) is 13.0 Å². The van der Waals surface area contributed by atoms with Gasteiger partial charge in [0.25, 0.3) is 5.69 Å². The van der Waals surface area contributed by atoms with Crippen molar-refractivity contribution in [2.75, 3.05) is 32.8 Å². The smallest absolute Gasteiger partial charge is 0.269 e. The number of amides is 1. The number of morpholine rings is 1. The standard InChI is InChI=1S/C15H21N3O4/c1-2-14(12-4-3-5-13(10-12)18(20)21)16-11-15(19)17-6-8-22-9-7-17/h3-5,10,14,16H,2,6-9,11H2,1H3. The first-order chi connectivity index (χ1) is 10.6. The van der Waals surface area contributed by atoms with Crippen LogP contribution >= 0.6 is 0 Å². The van der Waals surface area contributed by atoms with Gasteiger partial charge in [-0.1, -0.05) is 19.1 Å². The summed E-state index contributed by atoms with van der Waals surface area (Å²) in [5.74, 6) is 0.0344. The molecule has 1 heterocycles. The third-order valence-corrected chi connectivity index (χ3v) is 3.76. The quantitative estimate of drug-likeness (QED) is 0.636. The van der Waals surface area contributed by atoms with Crippen molar-refractivity contribution in [1.29, 1.82) is 0 Å². The van der Waals surface area contributed by atoms with Gasteiger partial charge in [0.05, 0.1) is 24.7 Å². The zero-order valence-corrected chi connectivity index (χ0v) is 12.7. The summed E-state index contributed by atoms with van der Waals surface area (Å²) in [5, 5.41) is 14.0. The molecule has 1 aromatic rings. The van der Waals surface area contributed by atoms with E-state index in [0.29, 0.717) is 26.3 Å². The van der Waals surface area contributed by atoms with Crippen LogP contribution in [-0.4, -0.2) is 48.6 Å². The minimum atomic E-state index is -0.408. The third-order valence-electron chi connectivity index (χ3n) is 3.76. The average Bonchev–Trinajstić information content (AvgIpc) is 2.56. The van der Waals surface area contributed by atoms with Crippen LogP contribution in [0.25, 0.3) is 0 Å². The maximum absolute atomic E-state index is 12.1.